The van der Waals surface area contributed by atoms with E-state index in [4.69, 9.17) is 14.2 Å². The zero-order valence-corrected chi connectivity index (χ0v) is 15.3. The van der Waals surface area contributed by atoms with Gasteiger partial charge in [-0.1, -0.05) is 24.6 Å². The van der Waals surface area contributed by atoms with E-state index in [-0.39, 0.29) is 12.1 Å². The van der Waals surface area contributed by atoms with E-state index in [1.165, 1.54) is 17.4 Å². The molecule has 5 unspecified atom stereocenters. The normalized spacial score (nSPS) is 37.6. The Morgan fingerprint density at radius 1 is 1.04 bits per heavy atom. The van der Waals surface area contributed by atoms with E-state index in [0.717, 1.165) is 49.9 Å². The van der Waals surface area contributed by atoms with Gasteiger partial charge in [-0.3, -0.25) is 0 Å². The van der Waals surface area contributed by atoms with E-state index in [9.17, 15) is 5.11 Å². The van der Waals surface area contributed by atoms with Gasteiger partial charge in [-0.05, 0) is 37.4 Å². The molecule has 1 aromatic carbocycles. The van der Waals surface area contributed by atoms with Crippen LogP contribution in [0, 0.1) is 0 Å². The van der Waals surface area contributed by atoms with Crippen LogP contribution in [0.5, 0.6) is 0 Å². The molecule has 3 aliphatic heterocycles. The fourth-order valence-corrected chi connectivity index (χ4v) is 5.46. The van der Waals surface area contributed by atoms with Crippen LogP contribution in [0.3, 0.4) is 0 Å². The molecule has 2 saturated heterocycles. The van der Waals surface area contributed by atoms with Crippen molar-refractivity contribution in [3.8, 4) is 0 Å². The first-order valence-electron chi connectivity index (χ1n) is 10.3. The van der Waals surface area contributed by atoms with E-state index in [1.54, 1.807) is 0 Å². The predicted molar refractivity (Wildman–Crippen MR) is 99.2 cm³/mol. The van der Waals surface area contributed by atoms with E-state index in [2.05, 4.69) is 28.5 Å². The molecular weight excluding hydrogens is 344 g/mol. The van der Waals surface area contributed by atoms with Gasteiger partial charge < -0.3 is 29.6 Å². The summed E-state index contributed by atoms with van der Waals surface area (Å²) in [5.74, 6) is -0.536. The van der Waals surface area contributed by atoms with Crippen molar-refractivity contribution in [3.63, 3.8) is 0 Å². The molecule has 6 heteroatoms. The predicted octanol–water partition coefficient (Wildman–Crippen LogP) is 2.52. The molecule has 1 saturated carbocycles. The largest absolute Gasteiger partial charge is 0.387 e. The highest BCUT2D eigenvalue weighted by Gasteiger charge is 2.59. The van der Waals surface area contributed by atoms with E-state index < -0.39 is 24.3 Å². The standard InChI is InChI=1S/C21H26N2O4/c24-17-18(25-20-19(17)26-21(27-20)9-4-1-5-10-21)16-15-13(8-11-22-16)12-6-2-3-7-14(12)23-15/h2-3,6-7,16-20,22-24H,1,4-5,8-11H2. The van der Waals surface area contributed by atoms with Crippen molar-refractivity contribution >= 4 is 10.9 Å². The number of nitrogens with one attached hydrogen (secondary N) is 2. The van der Waals surface area contributed by atoms with Crippen LogP contribution in [0.2, 0.25) is 0 Å². The van der Waals surface area contributed by atoms with E-state index >= 15 is 0 Å². The van der Waals surface area contributed by atoms with Gasteiger partial charge >= 0.3 is 0 Å². The molecule has 6 rings (SSSR count). The first-order valence-corrected chi connectivity index (χ1v) is 10.3. The van der Waals surface area contributed by atoms with Crippen molar-refractivity contribution in [2.24, 2.45) is 0 Å². The van der Waals surface area contributed by atoms with Crippen LogP contribution in [0.1, 0.15) is 49.4 Å². The second kappa shape index (κ2) is 6.03. The maximum Gasteiger partial charge on any atom is 0.190 e. The fourth-order valence-electron chi connectivity index (χ4n) is 5.46. The van der Waals surface area contributed by atoms with Crippen molar-refractivity contribution in [1.82, 2.24) is 10.3 Å². The van der Waals surface area contributed by atoms with E-state index in [0.29, 0.717) is 0 Å². The molecule has 4 heterocycles. The molecule has 4 aliphatic rings. The van der Waals surface area contributed by atoms with Crippen LogP contribution in [0.15, 0.2) is 24.3 Å². The molecule has 0 radical (unpaired) electrons. The maximum absolute atomic E-state index is 11.0. The molecule has 6 nitrogen and oxygen atoms in total. The van der Waals surface area contributed by atoms with Crippen LogP contribution in [0.4, 0.5) is 0 Å². The number of para-hydroxylation sites is 1. The molecule has 144 valence electrons. The lowest BCUT2D eigenvalue weighted by Crippen LogP contribution is -2.45. The third-order valence-corrected chi connectivity index (χ3v) is 6.76. The third kappa shape index (κ3) is 2.44. The smallest absolute Gasteiger partial charge is 0.190 e. The highest BCUT2D eigenvalue weighted by Crippen LogP contribution is 2.47. The van der Waals surface area contributed by atoms with Crippen LogP contribution in [-0.2, 0) is 20.6 Å². The van der Waals surface area contributed by atoms with Crippen LogP contribution in [0.25, 0.3) is 10.9 Å². The van der Waals surface area contributed by atoms with Crippen molar-refractivity contribution < 1.29 is 19.3 Å². The lowest BCUT2D eigenvalue weighted by Gasteiger charge is -2.35. The molecule has 0 bridgehead atoms. The number of rotatable bonds is 1. The Labute approximate surface area is 158 Å². The minimum atomic E-state index is -0.703. The quantitative estimate of drug-likeness (QED) is 0.719. The van der Waals surface area contributed by atoms with Crippen molar-refractivity contribution in [2.75, 3.05) is 6.54 Å². The molecule has 27 heavy (non-hydrogen) atoms. The summed E-state index contributed by atoms with van der Waals surface area (Å²) in [4.78, 5) is 3.55. The molecule has 0 amide bonds. The summed E-state index contributed by atoms with van der Waals surface area (Å²) in [6, 6.07) is 8.29. The maximum atomic E-state index is 11.0. The number of benzene rings is 1. The monoisotopic (exact) mass is 370 g/mol. The molecule has 3 N–H and O–H groups in total. The summed E-state index contributed by atoms with van der Waals surface area (Å²) in [6.45, 7) is 0.868. The number of hydrogen-bond acceptors (Lipinski definition) is 5. The number of aliphatic hydroxyl groups excluding tert-OH is 1. The van der Waals surface area contributed by atoms with Gasteiger partial charge in [0.05, 0.1) is 6.04 Å². The summed E-state index contributed by atoms with van der Waals surface area (Å²) in [6.07, 6.45) is 4.27. The van der Waals surface area contributed by atoms with Gasteiger partial charge in [0, 0.05) is 29.4 Å². The third-order valence-electron chi connectivity index (χ3n) is 6.76. The number of aliphatic hydroxyl groups is 1. The van der Waals surface area contributed by atoms with Gasteiger partial charge in [-0.25, -0.2) is 0 Å². The Kier molecular flexibility index (Phi) is 3.69. The second-order valence-electron chi connectivity index (χ2n) is 8.38. The van der Waals surface area contributed by atoms with Gasteiger partial charge in [0.15, 0.2) is 12.1 Å². The first kappa shape index (κ1) is 16.5. The summed E-state index contributed by atoms with van der Waals surface area (Å²) in [5, 5.41) is 15.8. The molecule has 2 aromatic rings. The highest BCUT2D eigenvalue weighted by atomic mass is 16.8. The van der Waals surface area contributed by atoms with Gasteiger partial charge in [0.1, 0.15) is 18.3 Å². The number of ether oxygens (including phenoxy) is 3. The fraction of sp³-hybridized carbons (Fsp3) is 0.619. The molecule has 5 atom stereocenters. The zero-order valence-electron chi connectivity index (χ0n) is 15.3. The molecular formula is C21H26N2O4. The minimum absolute atomic E-state index is 0.0868. The van der Waals surface area contributed by atoms with Crippen molar-refractivity contribution in [1.29, 1.82) is 0 Å². The Morgan fingerprint density at radius 2 is 1.89 bits per heavy atom. The average Bonchev–Trinajstić information content (AvgIpc) is 3.33. The SMILES string of the molecule is OC1C2OC3(CCCCC3)OC2OC1C1NCCc2c1[nH]c1ccccc21. The van der Waals surface area contributed by atoms with Crippen LogP contribution >= 0.6 is 0 Å². The molecule has 1 spiro atoms. The lowest BCUT2D eigenvalue weighted by atomic mass is 9.92. The highest BCUT2D eigenvalue weighted by molar-refractivity contribution is 5.85. The molecule has 1 aliphatic carbocycles. The topological polar surface area (TPSA) is 75.7 Å². The lowest BCUT2D eigenvalue weighted by molar-refractivity contribution is -0.248. The number of aromatic nitrogens is 1. The van der Waals surface area contributed by atoms with Gasteiger partial charge in [-0.15, -0.1) is 0 Å². The Bertz CT molecular complexity index is 859. The summed E-state index contributed by atoms with van der Waals surface area (Å²) in [7, 11) is 0. The number of H-pyrrole nitrogens is 1. The van der Waals surface area contributed by atoms with E-state index in [1.807, 2.05) is 6.07 Å². The zero-order chi connectivity index (χ0) is 18.0. The number of hydrogen-bond donors (Lipinski definition) is 3. The summed E-state index contributed by atoms with van der Waals surface area (Å²) in [5.41, 5.74) is 3.59. The van der Waals surface area contributed by atoms with Crippen LogP contribution in [-0.4, -0.2) is 47.0 Å². The number of aromatic amines is 1. The Balaban J connectivity index is 1.29. The second-order valence-corrected chi connectivity index (χ2v) is 8.38. The van der Waals surface area contributed by atoms with Gasteiger partial charge in [-0.2, -0.15) is 0 Å². The van der Waals surface area contributed by atoms with Crippen molar-refractivity contribution in [2.45, 2.75) is 75.0 Å². The molecule has 1 aromatic heterocycles. The van der Waals surface area contributed by atoms with Gasteiger partial charge in [0.25, 0.3) is 0 Å². The van der Waals surface area contributed by atoms with Gasteiger partial charge in [0.2, 0.25) is 0 Å². The average molecular weight is 370 g/mol. The first-order chi connectivity index (χ1) is 13.2. The molecule has 3 fully saturated rings. The minimum Gasteiger partial charge on any atom is -0.387 e. The summed E-state index contributed by atoms with van der Waals surface area (Å²) >= 11 is 0. The summed E-state index contributed by atoms with van der Waals surface area (Å²) < 4.78 is 18.7. The number of fused-ring (bicyclic) bond motifs is 4. The Morgan fingerprint density at radius 3 is 2.74 bits per heavy atom. The Hall–Kier alpha value is -1.44. The van der Waals surface area contributed by atoms with Crippen LogP contribution < -0.4 is 5.32 Å². The van der Waals surface area contributed by atoms with Crippen molar-refractivity contribution in [3.05, 3.63) is 35.5 Å².